The molecule has 4 rings (SSSR count). The van der Waals surface area contributed by atoms with Gasteiger partial charge in [-0.2, -0.15) is 0 Å². The van der Waals surface area contributed by atoms with Gasteiger partial charge >= 0.3 is 5.63 Å². The summed E-state index contributed by atoms with van der Waals surface area (Å²) >= 11 is 0. The van der Waals surface area contributed by atoms with E-state index in [-0.39, 0.29) is 11.7 Å². The van der Waals surface area contributed by atoms with Gasteiger partial charge in [-0.1, -0.05) is 60.7 Å². The first kappa shape index (κ1) is 17.1. The standard InChI is InChI=1S/C24H20O3/c1-16-13-21(26-17(2)18-9-5-3-6-10-18)24-20(19-11-7-4-8-12-19)15-23(25)27-22(24)14-16/h3-15,17H,1-2H3. The molecule has 0 amide bonds. The van der Waals surface area contributed by atoms with Gasteiger partial charge in [0.15, 0.2) is 0 Å². The van der Waals surface area contributed by atoms with E-state index in [1.165, 1.54) is 6.07 Å². The molecule has 1 aromatic heterocycles. The van der Waals surface area contributed by atoms with E-state index in [2.05, 4.69) is 0 Å². The molecule has 0 saturated heterocycles. The largest absolute Gasteiger partial charge is 0.485 e. The second-order valence-corrected chi connectivity index (χ2v) is 6.65. The van der Waals surface area contributed by atoms with Gasteiger partial charge in [0.25, 0.3) is 0 Å². The molecule has 0 saturated carbocycles. The Morgan fingerprint density at radius 1 is 0.889 bits per heavy atom. The van der Waals surface area contributed by atoms with E-state index in [1.807, 2.05) is 86.6 Å². The molecule has 27 heavy (non-hydrogen) atoms. The van der Waals surface area contributed by atoms with Crippen molar-refractivity contribution in [3.63, 3.8) is 0 Å². The van der Waals surface area contributed by atoms with Crippen molar-refractivity contribution in [2.24, 2.45) is 0 Å². The lowest BCUT2D eigenvalue weighted by Crippen LogP contribution is -2.05. The zero-order valence-corrected chi connectivity index (χ0v) is 15.3. The Labute approximate surface area is 157 Å². The Balaban J connectivity index is 1.91. The fraction of sp³-hybridized carbons (Fsp3) is 0.125. The van der Waals surface area contributed by atoms with Crippen molar-refractivity contribution in [1.82, 2.24) is 0 Å². The van der Waals surface area contributed by atoms with Gasteiger partial charge < -0.3 is 9.15 Å². The Morgan fingerprint density at radius 3 is 2.26 bits per heavy atom. The fourth-order valence-electron chi connectivity index (χ4n) is 3.32. The van der Waals surface area contributed by atoms with E-state index in [0.29, 0.717) is 11.3 Å². The number of ether oxygens (including phenoxy) is 1. The number of fused-ring (bicyclic) bond motifs is 1. The Kier molecular flexibility index (Phi) is 4.51. The maximum Gasteiger partial charge on any atom is 0.336 e. The van der Waals surface area contributed by atoms with E-state index >= 15 is 0 Å². The van der Waals surface area contributed by atoms with Crippen molar-refractivity contribution in [3.05, 3.63) is 100 Å². The molecule has 4 aromatic rings. The summed E-state index contributed by atoms with van der Waals surface area (Å²) in [6.07, 6.45) is -0.133. The molecule has 0 aliphatic carbocycles. The highest BCUT2D eigenvalue weighted by Crippen LogP contribution is 2.37. The molecule has 1 atom stereocenters. The maximum atomic E-state index is 12.1. The number of aryl methyl sites for hydroxylation is 1. The monoisotopic (exact) mass is 356 g/mol. The molecule has 0 bridgehead atoms. The predicted octanol–water partition coefficient (Wildman–Crippen LogP) is 5.91. The number of rotatable bonds is 4. The van der Waals surface area contributed by atoms with Crippen LogP contribution in [0.25, 0.3) is 22.1 Å². The van der Waals surface area contributed by atoms with Gasteiger partial charge in [0.05, 0.1) is 5.39 Å². The highest BCUT2D eigenvalue weighted by molar-refractivity contribution is 5.98. The quantitative estimate of drug-likeness (QED) is 0.427. The third kappa shape index (κ3) is 3.49. The minimum absolute atomic E-state index is 0.133. The Hall–Kier alpha value is -3.33. The van der Waals surface area contributed by atoms with Crippen molar-refractivity contribution >= 4 is 11.0 Å². The summed E-state index contributed by atoms with van der Waals surface area (Å²) in [5.41, 5.74) is 4.01. The minimum atomic E-state index is -0.367. The van der Waals surface area contributed by atoms with Crippen molar-refractivity contribution in [3.8, 4) is 16.9 Å². The van der Waals surface area contributed by atoms with Crippen molar-refractivity contribution in [1.29, 1.82) is 0 Å². The van der Waals surface area contributed by atoms with Crippen LogP contribution in [0, 0.1) is 6.92 Å². The number of hydrogen-bond acceptors (Lipinski definition) is 3. The van der Waals surface area contributed by atoms with Gasteiger partial charge in [0, 0.05) is 11.6 Å². The van der Waals surface area contributed by atoms with E-state index in [1.54, 1.807) is 0 Å². The molecular formula is C24H20O3. The first-order valence-corrected chi connectivity index (χ1v) is 8.97. The van der Waals surface area contributed by atoms with Crippen molar-refractivity contribution < 1.29 is 9.15 Å². The molecule has 0 aliphatic heterocycles. The van der Waals surface area contributed by atoms with Crippen molar-refractivity contribution in [2.75, 3.05) is 0 Å². The Bertz CT molecular complexity index is 1130. The Morgan fingerprint density at radius 2 is 1.56 bits per heavy atom. The molecule has 0 N–H and O–H groups in total. The molecule has 0 radical (unpaired) electrons. The molecule has 3 aromatic carbocycles. The predicted molar refractivity (Wildman–Crippen MR) is 108 cm³/mol. The zero-order chi connectivity index (χ0) is 18.8. The molecule has 0 spiro atoms. The summed E-state index contributed by atoms with van der Waals surface area (Å²) in [4.78, 5) is 12.1. The molecule has 1 heterocycles. The first-order chi connectivity index (χ1) is 13.1. The lowest BCUT2D eigenvalue weighted by atomic mass is 10.00. The molecular weight excluding hydrogens is 336 g/mol. The van der Waals surface area contributed by atoms with Crippen LogP contribution in [0.1, 0.15) is 24.2 Å². The second-order valence-electron chi connectivity index (χ2n) is 6.65. The van der Waals surface area contributed by atoms with Crippen LogP contribution in [0.3, 0.4) is 0 Å². The smallest absolute Gasteiger partial charge is 0.336 e. The van der Waals surface area contributed by atoms with Gasteiger partial charge in [-0.15, -0.1) is 0 Å². The van der Waals surface area contributed by atoms with Crippen LogP contribution >= 0.6 is 0 Å². The fourth-order valence-corrected chi connectivity index (χ4v) is 3.32. The SMILES string of the molecule is Cc1cc(OC(C)c2ccccc2)c2c(-c3ccccc3)cc(=O)oc2c1. The highest BCUT2D eigenvalue weighted by atomic mass is 16.5. The van der Waals surface area contributed by atoms with Gasteiger partial charge in [0.1, 0.15) is 17.4 Å². The van der Waals surface area contributed by atoms with Gasteiger partial charge in [-0.25, -0.2) is 4.79 Å². The molecule has 0 fully saturated rings. The normalized spacial score (nSPS) is 12.1. The summed E-state index contributed by atoms with van der Waals surface area (Å²) in [6, 6.07) is 25.3. The number of benzene rings is 3. The highest BCUT2D eigenvalue weighted by Gasteiger charge is 2.16. The summed E-state index contributed by atoms with van der Waals surface area (Å²) < 4.78 is 11.8. The lowest BCUT2D eigenvalue weighted by molar-refractivity contribution is 0.229. The van der Waals surface area contributed by atoms with E-state index in [9.17, 15) is 4.79 Å². The third-order valence-corrected chi connectivity index (χ3v) is 4.61. The van der Waals surface area contributed by atoms with E-state index in [0.717, 1.165) is 27.6 Å². The van der Waals surface area contributed by atoms with Crippen LogP contribution in [0.5, 0.6) is 5.75 Å². The molecule has 3 nitrogen and oxygen atoms in total. The molecule has 134 valence electrons. The van der Waals surface area contributed by atoms with Crippen LogP contribution in [-0.4, -0.2) is 0 Å². The topological polar surface area (TPSA) is 39.4 Å². The first-order valence-electron chi connectivity index (χ1n) is 8.97. The second kappa shape index (κ2) is 7.12. The van der Waals surface area contributed by atoms with Crippen molar-refractivity contribution in [2.45, 2.75) is 20.0 Å². The lowest BCUT2D eigenvalue weighted by Gasteiger charge is -2.18. The average Bonchev–Trinajstić information content (AvgIpc) is 2.68. The molecule has 3 heteroatoms. The van der Waals surface area contributed by atoms with Crippen LogP contribution in [0.15, 0.2) is 88.1 Å². The third-order valence-electron chi connectivity index (χ3n) is 4.61. The maximum absolute atomic E-state index is 12.1. The summed E-state index contributed by atoms with van der Waals surface area (Å²) in [5, 5.41) is 0.814. The van der Waals surface area contributed by atoms with Crippen LogP contribution < -0.4 is 10.4 Å². The average molecular weight is 356 g/mol. The summed E-state index contributed by atoms with van der Waals surface area (Å²) in [7, 11) is 0. The molecule has 1 unspecified atom stereocenters. The summed E-state index contributed by atoms with van der Waals surface area (Å²) in [5.74, 6) is 0.712. The van der Waals surface area contributed by atoms with E-state index < -0.39 is 0 Å². The van der Waals surface area contributed by atoms with Gasteiger partial charge in [-0.3, -0.25) is 0 Å². The number of hydrogen-bond donors (Lipinski definition) is 0. The minimum Gasteiger partial charge on any atom is -0.485 e. The van der Waals surface area contributed by atoms with E-state index in [4.69, 9.17) is 9.15 Å². The van der Waals surface area contributed by atoms with Crippen LogP contribution in [0.4, 0.5) is 0 Å². The zero-order valence-electron chi connectivity index (χ0n) is 15.3. The molecule has 0 aliphatic rings. The van der Waals surface area contributed by atoms with Gasteiger partial charge in [-0.05, 0) is 42.7 Å². The van der Waals surface area contributed by atoms with Gasteiger partial charge in [0.2, 0.25) is 0 Å². The van der Waals surface area contributed by atoms with Crippen LogP contribution in [-0.2, 0) is 0 Å². The summed E-state index contributed by atoms with van der Waals surface area (Å²) in [6.45, 7) is 3.99. The van der Waals surface area contributed by atoms with Crippen LogP contribution in [0.2, 0.25) is 0 Å².